The van der Waals surface area contributed by atoms with E-state index in [4.69, 9.17) is 15.2 Å². The first kappa shape index (κ1) is 55.1. The van der Waals surface area contributed by atoms with Gasteiger partial charge in [-0.05, 0) is 83.4 Å². The summed E-state index contributed by atoms with van der Waals surface area (Å²) in [4.78, 5) is 47.1. The fraction of sp³-hybridized carbons (Fsp3) is 0.0488. The van der Waals surface area contributed by atoms with Gasteiger partial charge in [0.1, 0.15) is 48.8 Å². The van der Waals surface area contributed by atoms with Crippen molar-refractivity contribution < 1.29 is 149 Å². The number of anilines is 3. The van der Waals surface area contributed by atoms with Gasteiger partial charge in [0, 0.05) is 34.4 Å². The summed E-state index contributed by atoms with van der Waals surface area (Å²) >= 11 is 0. The average molecular weight is 989 g/mol. The van der Waals surface area contributed by atoms with Gasteiger partial charge in [0.25, 0.3) is 5.69 Å². The molecule has 0 fully saturated rings. The standard InChI is InChI=1S/C41H30N8O14S2.3Na/c1-62-34-16-20(3-11-31(34)44-47-38-25-8-7-24(64(56,57)58)15-22(25)5-14-33(38)50)21-4-12-32(35(17-21)63-2)45-48-39-36(65(59,60)61)19-27-26(40(39)51)9-10-29(42)37(27)46-43-30-13-6-23(49(54)55)18-28(30)41(52)53;;;/h3-19,44-45H,42H2,1-2H3,(H,52,53)(H,56,57,58)(H,59,60,61);;;/q;3*+1/p-3/b46-43?,47-38+,48-39-;;;. The number of hydrogen-bond acceptors (Lipinski definition) is 21. The van der Waals surface area contributed by atoms with Gasteiger partial charge < -0.3 is 34.2 Å². The number of nitro benzene ring substituents is 1. The Balaban J connectivity index is 0.00000336. The summed E-state index contributed by atoms with van der Waals surface area (Å²) in [7, 11) is -7.45. The molecule has 0 spiro atoms. The molecule has 27 heteroatoms. The number of ether oxygens (including phenoxy) is 2. The smallest absolute Gasteiger partial charge is 0.744 e. The number of carbonyl (C=O) groups excluding carboxylic acids is 3. The van der Waals surface area contributed by atoms with Crippen LogP contribution in [0.5, 0.6) is 11.5 Å². The number of carboxylic acids is 1. The molecule has 2 aliphatic rings. The number of nitrogen functional groups attached to an aromatic ring is 1. The first-order valence-electron chi connectivity index (χ1n) is 18.2. The molecule has 5 aromatic carbocycles. The molecule has 22 nitrogen and oxygen atoms in total. The van der Waals surface area contributed by atoms with Crippen molar-refractivity contribution in [3.63, 3.8) is 0 Å². The van der Waals surface area contributed by atoms with Crippen molar-refractivity contribution in [2.75, 3.05) is 30.8 Å². The second-order valence-electron chi connectivity index (χ2n) is 13.6. The van der Waals surface area contributed by atoms with Crippen LogP contribution >= 0.6 is 0 Å². The molecular weight excluding hydrogens is 962 g/mol. The van der Waals surface area contributed by atoms with Gasteiger partial charge in [-0.3, -0.25) is 30.6 Å². The topological polar surface area (TPSA) is 350 Å². The van der Waals surface area contributed by atoms with E-state index >= 15 is 0 Å². The van der Waals surface area contributed by atoms with E-state index in [0.29, 0.717) is 28.4 Å². The van der Waals surface area contributed by atoms with E-state index in [0.717, 1.165) is 30.3 Å². The van der Waals surface area contributed by atoms with Crippen LogP contribution in [0.15, 0.2) is 121 Å². The van der Waals surface area contributed by atoms with Gasteiger partial charge in [-0.2, -0.15) is 10.2 Å². The van der Waals surface area contributed by atoms with Gasteiger partial charge in [0.2, 0.25) is 11.6 Å². The predicted molar refractivity (Wildman–Crippen MR) is 229 cm³/mol. The molecule has 0 amide bonds. The number of benzene rings is 5. The Morgan fingerprint density at radius 3 is 1.85 bits per heavy atom. The number of non-ortho nitro benzene ring substituents is 1. The maximum absolute atomic E-state index is 13.8. The van der Waals surface area contributed by atoms with E-state index in [2.05, 4.69) is 31.3 Å². The Kier molecular flexibility index (Phi) is 18.1. The predicted octanol–water partition coefficient (Wildman–Crippen LogP) is -4.48. The van der Waals surface area contributed by atoms with Crippen LogP contribution in [0.1, 0.15) is 37.4 Å². The number of nitrogens with zero attached hydrogens (tertiary/aromatic N) is 5. The van der Waals surface area contributed by atoms with Crippen molar-refractivity contribution in [2.45, 2.75) is 4.90 Å². The summed E-state index contributed by atoms with van der Waals surface area (Å²) in [5, 5.41) is 38.8. The molecule has 0 aromatic heterocycles. The number of rotatable bonds is 13. The Morgan fingerprint density at radius 2 is 1.31 bits per heavy atom. The third kappa shape index (κ3) is 11.7. The molecule has 68 heavy (non-hydrogen) atoms. The number of azo groups is 1. The van der Waals surface area contributed by atoms with Crippen LogP contribution in [0.3, 0.4) is 0 Å². The van der Waals surface area contributed by atoms with Crippen molar-refractivity contribution in [2.24, 2.45) is 20.4 Å². The molecule has 0 radical (unpaired) electrons. The first-order chi connectivity index (χ1) is 30.8. The van der Waals surface area contributed by atoms with E-state index in [1.807, 2.05) is 0 Å². The van der Waals surface area contributed by atoms with Gasteiger partial charge in [0.15, 0.2) is 0 Å². The molecule has 330 valence electrons. The summed E-state index contributed by atoms with van der Waals surface area (Å²) in [6, 6.07) is 18.2. The molecule has 4 N–H and O–H groups in total. The van der Waals surface area contributed by atoms with Gasteiger partial charge in [-0.25, -0.2) is 16.8 Å². The Labute approximate surface area is 452 Å². The van der Waals surface area contributed by atoms with Crippen molar-refractivity contribution >= 4 is 95.5 Å². The number of carboxylic acid groups (broad SMARTS) is 1. The molecule has 0 heterocycles. The zero-order valence-corrected chi connectivity index (χ0v) is 43.8. The number of fused-ring (bicyclic) bond motifs is 2. The number of allylic oxidation sites excluding steroid dienone is 2. The SMILES string of the molecule is COc1cc(-c2ccc(N/N=C3/C(=O)C=Cc4cc(S(=O)(=O)[O-])ccc43)c(OC)c2)ccc1N/N=C1\C(=O)c2ccc(N)c(N=Nc3ccc([N+](=O)[O-])cc3C(=O)[O-])c2C=C1S(=O)(=O)[O-].[Na+].[Na+].[Na+]. The van der Waals surface area contributed by atoms with Crippen LogP contribution < -0.4 is 120 Å². The van der Waals surface area contributed by atoms with Crippen molar-refractivity contribution in [3.05, 3.63) is 134 Å². The number of methoxy groups -OCH3 is 2. The Hall–Kier alpha value is -5.45. The normalized spacial score (nSPS) is 14.1. The van der Waals surface area contributed by atoms with E-state index in [1.54, 1.807) is 30.3 Å². The number of nitro groups is 1. The quantitative estimate of drug-likeness (QED) is 0.0250. The van der Waals surface area contributed by atoms with Crippen molar-refractivity contribution in [1.82, 2.24) is 0 Å². The Morgan fingerprint density at radius 1 is 0.721 bits per heavy atom. The molecular formula is C41H27N8Na3O14S2. The number of nitrogens with one attached hydrogen (secondary N) is 2. The summed E-state index contributed by atoms with van der Waals surface area (Å²) in [6.45, 7) is 0. The third-order valence-electron chi connectivity index (χ3n) is 9.68. The first-order valence-corrected chi connectivity index (χ1v) is 21.0. The fourth-order valence-electron chi connectivity index (χ4n) is 6.51. The zero-order chi connectivity index (χ0) is 47.0. The number of carbonyl (C=O) groups is 3. The number of Topliss-reactive ketones (excluding diaryl/α,β-unsaturated/α-hetero) is 1. The molecule has 0 atom stereocenters. The summed E-state index contributed by atoms with van der Waals surface area (Å²) < 4.78 is 83.4. The van der Waals surface area contributed by atoms with Crippen LogP contribution in [0, 0.1) is 10.1 Å². The van der Waals surface area contributed by atoms with E-state index < -0.39 is 75.1 Å². The molecule has 0 bridgehead atoms. The van der Waals surface area contributed by atoms with Crippen LogP contribution in [0.4, 0.5) is 34.1 Å². The van der Waals surface area contributed by atoms with Crippen molar-refractivity contribution in [3.8, 4) is 22.6 Å². The maximum Gasteiger partial charge on any atom is 1.00 e. The van der Waals surface area contributed by atoms with E-state index in [-0.39, 0.29) is 140 Å². The minimum absolute atomic E-state index is 0. The van der Waals surface area contributed by atoms with Crippen LogP contribution in [-0.4, -0.2) is 74.0 Å². The number of hydrazone groups is 2. The number of ketones is 2. The molecule has 0 saturated carbocycles. The molecule has 7 rings (SSSR count). The number of nitrogens with two attached hydrogens (primary N) is 1. The van der Waals surface area contributed by atoms with Crippen LogP contribution in [0.25, 0.3) is 23.3 Å². The largest absolute Gasteiger partial charge is 1.00 e. The summed E-state index contributed by atoms with van der Waals surface area (Å²) in [5.41, 5.74) is 10.1. The van der Waals surface area contributed by atoms with Gasteiger partial charge >= 0.3 is 88.7 Å². The molecule has 5 aromatic rings. The molecule has 0 saturated heterocycles. The monoisotopic (exact) mass is 988 g/mol. The molecule has 2 aliphatic carbocycles. The number of aromatic carboxylic acids is 1. The maximum atomic E-state index is 13.8. The van der Waals surface area contributed by atoms with E-state index in [9.17, 15) is 55.5 Å². The molecule has 0 aliphatic heterocycles. The van der Waals surface area contributed by atoms with Crippen molar-refractivity contribution in [1.29, 1.82) is 0 Å². The second kappa shape index (κ2) is 22.3. The summed E-state index contributed by atoms with van der Waals surface area (Å²) in [6.07, 6.45) is 3.37. The van der Waals surface area contributed by atoms with Crippen LogP contribution in [0.2, 0.25) is 0 Å². The van der Waals surface area contributed by atoms with Crippen LogP contribution in [-0.2, 0) is 25.0 Å². The van der Waals surface area contributed by atoms with E-state index in [1.165, 1.54) is 50.6 Å². The molecule has 0 unspecified atom stereocenters. The minimum atomic E-state index is -5.43. The average Bonchev–Trinajstić information content (AvgIpc) is 3.26. The number of hydrogen-bond donors (Lipinski definition) is 3. The zero-order valence-electron chi connectivity index (χ0n) is 36.2. The van der Waals surface area contributed by atoms with Gasteiger partial charge in [0.05, 0.1) is 57.7 Å². The minimum Gasteiger partial charge on any atom is -0.744 e. The Bertz CT molecular complexity index is 3330. The fourth-order valence-corrected chi connectivity index (χ4v) is 7.65. The van der Waals surface area contributed by atoms with Gasteiger partial charge in [-0.15, -0.1) is 10.2 Å². The summed E-state index contributed by atoms with van der Waals surface area (Å²) in [5.74, 6) is -2.93. The van der Waals surface area contributed by atoms with Gasteiger partial charge in [-0.1, -0.05) is 24.3 Å². The third-order valence-corrected chi connectivity index (χ3v) is 11.4. The second-order valence-corrected chi connectivity index (χ2v) is 16.3.